The van der Waals surface area contributed by atoms with Gasteiger partial charge in [0, 0.05) is 4.88 Å². The number of nitrogens with zero attached hydrogens (tertiary/aromatic N) is 1. The molecule has 3 rings (SSSR count). The third kappa shape index (κ3) is 3.28. The van der Waals surface area contributed by atoms with E-state index in [1.165, 1.54) is 28.8 Å². The minimum Gasteiger partial charge on any atom is -0.266 e. The third-order valence-corrected chi connectivity index (χ3v) is 5.25. The highest BCUT2D eigenvalue weighted by Crippen LogP contribution is 2.29. The van der Waals surface area contributed by atoms with Crippen molar-refractivity contribution in [3.63, 3.8) is 0 Å². The number of carbonyl (C=O) groups excluding carboxylic acids is 1. The van der Waals surface area contributed by atoms with Crippen molar-refractivity contribution in [3.05, 3.63) is 56.3 Å². The van der Waals surface area contributed by atoms with E-state index in [2.05, 4.69) is 23.5 Å². The fraction of sp³-hybridized carbons (Fsp3) is 0.333. The van der Waals surface area contributed by atoms with E-state index in [-0.39, 0.29) is 5.91 Å². The van der Waals surface area contributed by atoms with Gasteiger partial charge < -0.3 is 0 Å². The molecule has 3 nitrogen and oxygen atoms in total. The number of carbonyl (C=O) groups is 1. The first-order chi connectivity index (χ1) is 10.6. The summed E-state index contributed by atoms with van der Waals surface area (Å²) in [7, 11) is 0. The van der Waals surface area contributed by atoms with Crippen LogP contribution in [0.1, 0.15) is 49.6 Å². The lowest BCUT2D eigenvalue weighted by Crippen LogP contribution is -2.16. The Hall–Kier alpha value is -1.94. The second kappa shape index (κ2) is 6.44. The maximum Gasteiger partial charge on any atom is 0.281 e. The zero-order valence-electron chi connectivity index (χ0n) is 13.0. The van der Waals surface area contributed by atoms with Gasteiger partial charge in [0.25, 0.3) is 5.91 Å². The van der Waals surface area contributed by atoms with Gasteiger partial charge in [-0.3, -0.25) is 4.79 Å². The predicted molar refractivity (Wildman–Crippen MR) is 91.9 cm³/mol. The van der Waals surface area contributed by atoms with Gasteiger partial charge in [-0.15, -0.1) is 11.3 Å². The highest BCUT2D eigenvalue weighted by molar-refractivity contribution is 7.14. The number of hydrogen-bond acceptors (Lipinski definition) is 3. The highest BCUT2D eigenvalue weighted by Gasteiger charge is 2.16. The lowest BCUT2D eigenvalue weighted by Gasteiger charge is -2.08. The van der Waals surface area contributed by atoms with Crippen molar-refractivity contribution in [1.82, 2.24) is 5.43 Å². The van der Waals surface area contributed by atoms with E-state index in [0.29, 0.717) is 0 Å². The summed E-state index contributed by atoms with van der Waals surface area (Å²) < 4.78 is 0. The molecule has 114 valence electrons. The summed E-state index contributed by atoms with van der Waals surface area (Å²) in [6.07, 6.45) is 6.39. The molecule has 0 atom stereocenters. The van der Waals surface area contributed by atoms with Crippen LogP contribution >= 0.6 is 11.3 Å². The zero-order chi connectivity index (χ0) is 15.5. The lowest BCUT2D eigenvalue weighted by molar-refractivity contribution is 0.0959. The number of hydrazone groups is 1. The second-order valence-electron chi connectivity index (χ2n) is 5.83. The van der Waals surface area contributed by atoms with E-state index in [0.717, 1.165) is 28.8 Å². The van der Waals surface area contributed by atoms with E-state index in [4.69, 9.17) is 0 Å². The number of hydrogen-bond donors (Lipinski definition) is 1. The first-order valence-electron chi connectivity index (χ1n) is 7.66. The summed E-state index contributed by atoms with van der Waals surface area (Å²) >= 11 is 1.61. The van der Waals surface area contributed by atoms with Crippen molar-refractivity contribution in [3.8, 4) is 0 Å². The molecule has 4 heteroatoms. The summed E-state index contributed by atoms with van der Waals surface area (Å²) in [6, 6.07) is 8.20. The monoisotopic (exact) mass is 312 g/mol. The highest BCUT2D eigenvalue weighted by atomic mass is 32.1. The van der Waals surface area contributed by atoms with E-state index >= 15 is 0 Å². The molecule has 1 aromatic carbocycles. The average molecular weight is 312 g/mol. The van der Waals surface area contributed by atoms with Crippen LogP contribution in [0.3, 0.4) is 0 Å². The zero-order valence-corrected chi connectivity index (χ0v) is 13.8. The molecule has 1 aliphatic carbocycles. The SMILES string of the molecule is Cc1ccc(C=NNC(=O)c2cc3c(s2)CCCC3)c(C)c1. The number of nitrogens with one attached hydrogen (secondary N) is 1. The van der Waals surface area contributed by atoms with Crippen LogP contribution in [-0.4, -0.2) is 12.1 Å². The number of amides is 1. The Bertz CT molecular complexity index is 707. The maximum absolute atomic E-state index is 12.2. The topological polar surface area (TPSA) is 41.5 Å². The Kier molecular flexibility index (Phi) is 4.39. The number of thiophene rings is 1. The third-order valence-electron chi connectivity index (χ3n) is 4.02. The Morgan fingerprint density at radius 3 is 2.82 bits per heavy atom. The normalized spacial score (nSPS) is 14.1. The fourth-order valence-corrected chi connectivity index (χ4v) is 3.93. The van der Waals surface area contributed by atoms with Crippen LogP contribution in [0.25, 0.3) is 0 Å². The van der Waals surface area contributed by atoms with Crippen molar-refractivity contribution in [2.24, 2.45) is 5.10 Å². The van der Waals surface area contributed by atoms with Crippen LogP contribution < -0.4 is 5.43 Å². The summed E-state index contributed by atoms with van der Waals surface area (Å²) in [5, 5.41) is 4.10. The molecule has 0 saturated carbocycles. The minimum atomic E-state index is -0.111. The largest absolute Gasteiger partial charge is 0.281 e. The molecule has 0 radical (unpaired) electrons. The molecular formula is C18H20N2OS. The van der Waals surface area contributed by atoms with Gasteiger partial charge in [-0.25, -0.2) is 5.43 Å². The second-order valence-corrected chi connectivity index (χ2v) is 6.96. The van der Waals surface area contributed by atoms with Crippen LogP contribution in [0.2, 0.25) is 0 Å². The first kappa shape index (κ1) is 15.0. The average Bonchev–Trinajstić information content (AvgIpc) is 2.93. The number of rotatable bonds is 3. The minimum absolute atomic E-state index is 0.111. The Labute approximate surface area is 135 Å². The molecule has 0 fully saturated rings. The summed E-state index contributed by atoms with van der Waals surface area (Å²) in [5.74, 6) is -0.111. The quantitative estimate of drug-likeness (QED) is 0.675. The van der Waals surface area contributed by atoms with Crippen LogP contribution in [0, 0.1) is 13.8 Å². The van der Waals surface area contributed by atoms with Crippen molar-refractivity contribution in [1.29, 1.82) is 0 Å². The van der Waals surface area contributed by atoms with Gasteiger partial charge in [0.2, 0.25) is 0 Å². The van der Waals surface area contributed by atoms with Gasteiger partial charge >= 0.3 is 0 Å². The fourth-order valence-electron chi connectivity index (χ4n) is 2.79. The molecule has 0 saturated heterocycles. The molecule has 0 bridgehead atoms. The van der Waals surface area contributed by atoms with Crippen molar-refractivity contribution in [2.45, 2.75) is 39.5 Å². The summed E-state index contributed by atoms with van der Waals surface area (Å²) in [4.78, 5) is 14.3. The van der Waals surface area contributed by atoms with E-state index in [1.807, 2.05) is 25.1 Å². The summed E-state index contributed by atoms with van der Waals surface area (Å²) in [5.41, 5.74) is 7.39. The molecule has 1 aliphatic rings. The van der Waals surface area contributed by atoms with Gasteiger partial charge in [0.15, 0.2) is 0 Å². The molecule has 22 heavy (non-hydrogen) atoms. The number of benzene rings is 1. The Balaban J connectivity index is 1.66. The standard InChI is InChI=1S/C18H20N2OS/c1-12-7-8-15(13(2)9-12)11-19-20-18(21)17-10-14-5-3-4-6-16(14)22-17/h7-11H,3-6H2,1-2H3,(H,20,21). The van der Waals surface area contributed by atoms with Crippen molar-refractivity contribution >= 4 is 23.5 Å². The molecule has 2 aromatic rings. The Morgan fingerprint density at radius 2 is 2.05 bits per heavy atom. The van der Waals surface area contributed by atoms with E-state index in [1.54, 1.807) is 17.6 Å². The van der Waals surface area contributed by atoms with Gasteiger partial charge in [0.1, 0.15) is 0 Å². The Morgan fingerprint density at radius 1 is 1.23 bits per heavy atom. The van der Waals surface area contributed by atoms with Gasteiger partial charge in [-0.1, -0.05) is 23.8 Å². The van der Waals surface area contributed by atoms with Gasteiger partial charge in [-0.2, -0.15) is 5.10 Å². The predicted octanol–water partition coefficient (Wildman–Crippen LogP) is 4.01. The van der Waals surface area contributed by atoms with E-state index < -0.39 is 0 Å². The lowest BCUT2D eigenvalue weighted by atomic mass is 9.99. The van der Waals surface area contributed by atoms with Crippen LogP contribution in [-0.2, 0) is 12.8 Å². The van der Waals surface area contributed by atoms with Crippen LogP contribution in [0.5, 0.6) is 0 Å². The van der Waals surface area contributed by atoms with E-state index in [9.17, 15) is 4.79 Å². The van der Waals surface area contributed by atoms with Crippen LogP contribution in [0.15, 0.2) is 29.4 Å². The molecule has 1 amide bonds. The molecule has 1 aromatic heterocycles. The van der Waals surface area contributed by atoms with Gasteiger partial charge in [0.05, 0.1) is 11.1 Å². The van der Waals surface area contributed by atoms with Crippen molar-refractivity contribution < 1.29 is 4.79 Å². The number of aryl methyl sites for hydroxylation is 4. The van der Waals surface area contributed by atoms with Gasteiger partial charge in [-0.05, 0) is 62.3 Å². The van der Waals surface area contributed by atoms with Crippen LogP contribution in [0.4, 0.5) is 0 Å². The molecule has 0 unspecified atom stereocenters. The smallest absolute Gasteiger partial charge is 0.266 e. The first-order valence-corrected chi connectivity index (χ1v) is 8.47. The maximum atomic E-state index is 12.2. The molecule has 0 aliphatic heterocycles. The molecule has 0 spiro atoms. The molecule has 1 heterocycles. The number of fused-ring (bicyclic) bond motifs is 1. The van der Waals surface area contributed by atoms with Crippen molar-refractivity contribution in [2.75, 3.05) is 0 Å². The summed E-state index contributed by atoms with van der Waals surface area (Å²) in [6.45, 7) is 4.11. The molecule has 1 N–H and O–H groups in total. The molecular weight excluding hydrogens is 292 g/mol.